The summed E-state index contributed by atoms with van der Waals surface area (Å²) in [5.74, 6) is -1.72. The highest BCUT2D eigenvalue weighted by atomic mass is 28.3. The van der Waals surface area contributed by atoms with Crippen molar-refractivity contribution >= 4 is 60.0 Å². The normalized spacial score (nSPS) is 23.8. The van der Waals surface area contributed by atoms with Crippen LogP contribution in [0.4, 0.5) is 17.1 Å². The minimum absolute atomic E-state index is 0.0359. The molecule has 0 aliphatic carbocycles. The summed E-state index contributed by atoms with van der Waals surface area (Å²) in [6, 6.07) is 30.5. The van der Waals surface area contributed by atoms with Crippen LogP contribution in [0.1, 0.15) is 68.3 Å². The lowest BCUT2D eigenvalue weighted by molar-refractivity contribution is -0.155. The molecule has 4 aromatic carbocycles. The molecule has 16 nitrogen and oxygen atoms in total. The van der Waals surface area contributed by atoms with E-state index in [0.717, 1.165) is 22.1 Å². The lowest BCUT2D eigenvalue weighted by Crippen LogP contribution is -2.55. The number of esters is 2. The van der Waals surface area contributed by atoms with Crippen LogP contribution in [0.3, 0.4) is 0 Å². The summed E-state index contributed by atoms with van der Waals surface area (Å²) in [5.41, 5.74) is 2.82. The topological polar surface area (TPSA) is 183 Å². The van der Waals surface area contributed by atoms with Gasteiger partial charge in [0, 0.05) is 49.4 Å². The van der Waals surface area contributed by atoms with Crippen LogP contribution >= 0.6 is 0 Å². The molecule has 0 bridgehead atoms. The molecule has 4 aliphatic heterocycles. The van der Waals surface area contributed by atoms with Gasteiger partial charge in [0.1, 0.15) is 5.75 Å². The average Bonchev–Trinajstić information content (AvgIpc) is 3.95. The van der Waals surface area contributed by atoms with Gasteiger partial charge in [0.25, 0.3) is 5.91 Å². The van der Waals surface area contributed by atoms with E-state index >= 15 is 4.79 Å². The van der Waals surface area contributed by atoms with Gasteiger partial charge in [-0.2, -0.15) is 0 Å². The first-order valence-electron chi connectivity index (χ1n) is 22.6. The van der Waals surface area contributed by atoms with Gasteiger partial charge in [-0.25, -0.2) is 0 Å². The molecule has 3 unspecified atom stereocenters. The van der Waals surface area contributed by atoms with Gasteiger partial charge < -0.3 is 29.0 Å². The van der Waals surface area contributed by atoms with Gasteiger partial charge in [-0.15, -0.1) is 5.10 Å². The number of hydrogen-bond donors (Lipinski definition) is 1. The van der Waals surface area contributed by atoms with Crippen LogP contribution in [0.5, 0.6) is 5.75 Å². The summed E-state index contributed by atoms with van der Waals surface area (Å²) in [4.78, 5) is 70.4. The van der Waals surface area contributed by atoms with E-state index in [4.69, 9.17) is 18.9 Å². The summed E-state index contributed by atoms with van der Waals surface area (Å²) in [6.07, 6.45) is 0.457. The maximum atomic E-state index is 15.8. The van der Waals surface area contributed by atoms with Crippen molar-refractivity contribution in [2.45, 2.75) is 102 Å². The molecule has 3 amide bonds. The van der Waals surface area contributed by atoms with E-state index in [-0.39, 0.29) is 55.2 Å². The van der Waals surface area contributed by atoms with Crippen molar-refractivity contribution in [3.05, 3.63) is 126 Å². The van der Waals surface area contributed by atoms with Crippen molar-refractivity contribution in [3.8, 4) is 5.75 Å². The molecule has 348 valence electrons. The van der Waals surface area contributed by atoms with Crippen LogP contribution in [0.2, 0.25) is 18.6 Å². The monoisotopic (exact) mass is 926 g/mol. The first kappa shape index (κ1) is 45.5. The Labute approximate surface area is 389 Å². The zero-order chi connectivity index (χ0) is 47.4. The van der Waals surface area contributed by atoms with Gasteiger partial charge in [-0.05, 0) is 65.6 Å². The van der Waals surface area contributed by atoms with Gasteiger partial charge >= 0.3 is 11.9 Å². The largest absolute Gasteiger partial charge is 0.497 e. The van der Waals surface area contributed by atoms with Crippen LogP contribution in [0.25, 0.3) is 0 Å². The van der Waals surface area contributed by atoms with E-state index in [0.29, 0.717) is 41.3 Å². The number of methoxy groups -OCH3 is 1. The Morgan fingerprint density at radius 2 is 1.52 bits per heavy atom. The molecule has 17 heteroatoms. The summed E-state index contributed by atoms with van der Waals surface area (Å²) < 4.78 is 25.7. The van der Waals surface area contributed by atoms with E-state index in [1.807, 2.05) is 72.9 Å². The average molecular weight is 927 g/mol. The standard InChI is InChI=1S/C50H54N6O10Si/c1-30-48(67(5,6)38-18-16-37(63-4)17-19-38)43(21-22-53-28-41(51-52-53)39(29-57)34-12-8-7-9-13-34)66-50(30)40-24-36(56-45(61)26-47(56)65-32(3)59)15-20-42(40)54(49(50)62)27-33-11-10-14-35(23-33)55-44(60)25-46(55)64-31(2)58/h7-20,23-24,28,30,39,43,46-48,57H,21-22,25-27,29H2,1-6H3/t30-,39?,43+,46?,47?,48-,50+/m1/s1. The van der Waals surface area contributed by atoms with Crippen molar-refractivity contribution < 1.29 is 48.0 Å². The minimum atomic E-state index is -2.59. The van der Waals surface area contributed by atoms with Crippen molar-refractivity contribution in [2.75, 3.05) is 28.4 Å². The maximum Gasteiger partial charge on any atom is 0.304 e. The third kappa shape index (κ3) is 8.07. The zero-order valence-corrected chi connectivity index (χ0v) is 39.3. The number of anilines is 3. The maximum absolute atomic E-state index is 15.8. The lowest BCUT2D eigenvalue weighted by atomic mass is 9.82. The molecule has 7 atom stereocenters. The highest BCUT2D eigenvalue weighted by molar-refractivity contribution is 6.91. The predicted octanol–water partition coefficient (Wildman–Crippen LogP) is 5.52. The Hall–Kier alpha value is -6.69. The molecular formula is C50H54N6O10Si. The fourth-order valence-electron chi connectivity index (χ4n) is 10.7. The molecule has 3 saturated heterocycles. The number of ether oxygens (including phenoxy) is 4. The summed E-state index contributed by atoms with van der Waals surface area (Å²) >= 11 is 0. The Morgan fingerprint density at radius 1 is 0.866 bits per heavy atom. The van der Waals surface area contributed by atoms with Crippen molar-refractivity contribution in [3.63, 3.8) is 0 Å². The number of benzene rings is 4. The van der Waals surface area contributed by atoms with Crippen LogP contribution in [-0.2, 0) is 56.9 Å². The van der Waals surface area contributed by atoms with Crippen molar-refractivity contribution in [2.24, 2.45) is 5.92 Å². The number of carbonyl (C=O) groups excluding carboxylic acids is 5. The molecule has 3 fully saturated rings. The molecule has 5 aromatic rings. The Bertz CT molecular complexity index is 2730. The molecule has 5 heterocycles. The first-order valence-corrected chi connectivity index (χ1v) is 25.6. The number of β-lactam (4-membered cyclic amide) rings is 2. The van der Waals surface area contributed by atoms with Gasteiger partial charge in [0.15, 0.2) is 18.1 Å². The number of hydrogen-bond acceptors (Lipinski definition) is 12. The number of carbonyl (C=O) groups is 5. The van der Waals surface area contributed by atoms with Gasteiger partial charge in [-0.3, -0.25) is 38.5 Å². The third-order valence-electron chi connectivity index (χ3n) is 14.0. The van der Waals surface area contributed by atoms with E-state index in [9.17, 15) is 24.3 Å². The van der Waals surface area contributed by atoms with Crippen LogP contribution in [-0.4, -0.2) is 90.1 Å². The number of nitrogens with zero attached hydrogens (tertiary/aromatic N) is 6. The van der Waals surface area contributed by atoms with Crippen LogP contribution < -0.4 is 24.6 Å². The van der Waals surface area contributed by atoms with E-state index in [2.05, 4.69) is 42.5 Å². The van der Waals surface area contributed by atoms with Crippen molar-refractivity contribution in [1.82, 2.24) is 15.0 Å². The van der Waals surface area contributed by atoms with Crippen molar-refractivity contribution in [1.29, 1.82) is 0 Å². The van der Waals surface area contributed by atoms with Gasteiger partial charge in [0.05, 0.1) is 64.6 Å². The van der Waals surface area contributed by atoms with E-state index < -0.39 is 50.1 Å². The summed E-state index contributed by atoms with van der Waals surface area (Å²) in [6.45, 7) is 9.66. The number of aryl methyl sites for hydroxylation is 1. The van der Waals surface area contributed by atoms with E-state index in [1.54, 1.807) is 34.9 Å². The second-order valence-corrected chi connectivity index (χ2v) is 23.0. The molecule has 1 N–H and O–H groups in total. The van der Waals surface area contributed by atoms with Gasteiger partial charge in [-0.1, -0.05) is 85.0 Å². The van der Waals surface area contributed by atoms with Gasteiger partial charge in [0.2, 0.25) is 11.8 Å². The minimum Gasteiger partial charge on any atom is -0.497 e. The molecule has 1 aromatic heterocycles. The smallest absolute Gasteiger partial charge is 0.304 e. The second kappa shape index (κ2) is 17.8. The molecule has 0 radical (unpaired) electrons. The van der Waals surface area contributed by atoms with Crippen LogP contribution in [0.15, 0.2) is 103 Å². The SMILES string of the molecule is COc1ccc([Si](C)(C)[C@H]2[C@H](CCn3cc(C(CO)c4ccccc4)nn3)O[C@@]3(C(=O)N(Cc4cccc(N5C(=O)CC5OC(C)=O)c4)c4ccc(N5C(=O)CC5OC(C)=O)cc43)[C@@H]2C)cc1. The highest BCUT2D eigenvalue weighted by Gasteiger charge is 2.66. The molecule has 9 rings (SSSR count). The highest BCUT2D eigenvalue weighted by Crippen LogP contribution is 2.61. The predicted molar refractivity (Wildman–Crippen MR) is 249 cm³/mol. The molecule has 0 saturated carbocycles. The Morgan fingerprint density at radius 3 is 2.13 bits per heavy atom. The molecule has 1 spiro atoms. The second-order valence-electron chi connectivity index (χ2n) is 18.3. The molecular weight excluding hydrogens is 873 g/mol. The molecule has 4 aliphatic rings. The fraction of sp³-hybridized carbons (Fsp3) is 0.380. The van der Waals surface area contributed by atoms with Crippen LogP contribution in [0, 0.1) is 5.92 Å². The number of aliphatic hydroxyl groups excluding tert-OH is 1. The summed E-state index contributed by atoms with van der Waals surface area (Å²) in [7, 11) is -0.956. The van der Waals surface area contributed by atoms with E-state index in [1.165, 1.54) is 23.6 Å². The number of rotatable bonds is 15. The summed E-state index contributed by atoms with van der Waals surface area (Å²) in [5, 5.41) is 20.5. The number of aliphatic hydroxyl groups is 1. The first-order chi connectivity index (χ1) is 32.1. The zero-order valence-electron chi connectivity index (χ0n) is 38.3. The Kier molecular flexibility index (Phi) is 12.1. The fourth-order valence-corrected chi connectivity index (χ4v) is 14.8. The Balaban J connectivity index is 1.11. The lowest BCUT2D eigenvalue weighted by Gasteiger charge is -2.39. The quantitative estimate of drug-likeness (QED) is 0.0791. The number of fused-ring (bicyclic) bond motifs is 2. The number of amides is 3. The molecule has 67 heavy (non-hydrogen) atoms. The number of aromatic nitrogens is 3. The third-order valence-corrected chi connectivity index (χ3v) is 18.3.